The van der Waals surface area contributed by atoms with E-state index >= 15 is 0 Å². The average Bonchev–Trinajstić information content (AvgIpc) is 3.17. The predicted molar refractivity (Wildman–Crippen MR) is 82.0 cm³/mol. The summed E-state index contributed by atoms with van der Waals surface area (Å²) >= 11 is 0. The molecule has 0 spiro atoms. The summed E-state index contributed by atoms with van der Waals surface area (Å²) in [5.74, 6) is 0. The van der Waals surface area contributed by atoms with Crippen LogP contribution in [-0.4, -0.2) is 74.4 Å². The Balaban J connectivity index is 1.53. The summed E-state index contributed by atoms with van der Waals surface area (Å²) in [4.78, 5) is 5.27. The summed E-state index contributed by atoms with van der Waals surface area (Å²) in [5.41, 5.74) is 0.372. The zero-order chi connectivity index (χ0) is 14.0. The molecule has 0 amide bonds. The van der Waals surface area contributed by atoms with Crippen LogP contribution in [0.2, 0.25) is 0 Å². The van der Waals surface area contributed by atoms with Crippen LogP contribution in [0.4, 0.5) is 0 Å². The van der Waals surface area contributed by atoms with Crippen molar-refractivity contribution in [1.82, 2.24) is 15.1 Å². The highest BCUT2D eigenvalue weighted by Gasteiger charge is 2.39. The van der Waals surface area contributed by atoms with Crippen LogP contribution < -0.4 is 5.32 Å². The normalized spacial score (nSPS) is 36.6. The largest absolute Gasteiger partial charge is 0.381 e. The minimum Gasteiger partial charge on any atom is -0.381 e. The van der Waals surface area contributed by atoms with Crippen molar-refractivity contribution < 1.29 is 4.74 Å². The van der Waals surface area contributed by atoms with Crippen LogP contribution >= 0.6 is 0 Å². The molecule has 2 heterocycles. The topological polar surface area (TPSA) is 27.7 Å². The molecule has 0 aromatic carbocycles. The molecule has 4 nitrogen and oxygen atoms in total. The molecule has 3 fully saturated rings. The van der Waals surface area contributed by atoms with E-state index < -0.39 is 0 Å². The second-order valence-corrected chi connectivity index (χ2v) is 7.17. The van der Waals surface area contributed by atoms with Crippen LogP contribution in [0.15, 0.2) is 0 Å². The number of hydrogen-bond donors (Lipinski definition) is 1. The third-order valence-corrected chi connectivity index (χ3v) is 5.34. The van der Waals surface area contributed by atoms with Gasteiger partial charge >= 0.3 is 0 Å². The zero-order valence-corrected chi connectivity index (χ0v) is 13.2. The van der Waals surface area contributed by atoms with Crippen molar-refractivity contribution in [2.75, 3.05) is 52.5 Å². The number of nitrogens with zero attached hydrogens (tertiary/aromatic N) is 2. The lowest BCUT2D eigenvalue weighted by molar-refractivity contribution is 0.0464. The molecule has 116 valence electrons. The number of hydrogen-bond acceptors (Lipinski definition) is 4. The fourth-order valence-electron chi connectivity index (χ4n) is 3.78. The second-order valence-electron chi connectivity index (χ2n) is 7.17. The molecule has 2 unspecified atom stereocenters. The molecule has 2 saturated heterocycles. The molecule has 0 radical (unpaired) electrons. The van der Waals surface area contributed by atoms with Crippen molar-refractivity contribution >= 4 is 0 Å². The first kappa shape index (κ1) is 14.8. The molecule has 0 aromatic rings. The third kappa shape index (κ3) is 3.53. The third-order valence-electron chi connectivity index (χ3n) is 5.34. The predicted octanol–water partition coefficient (Wildman–Crippen LogP) is 1.17. The van der Waals surface area contributed by atoms with E-state index in [0.29, 0.717) is 11.5 Å². The minimum atomic E-state index is 0.372. The Morgan fingerprint density at radius 2 is 2.15 bits per heavy atom. The Kier molecular flexibility index (Phi) is 4.65. The van der Waals surface area contributed by atoms with Gasteiger partial charge in [0.25, 0.3) is 0 Å². The van der Waals surface area contributed by atoms with E-state index in [-0.39, 0.29) is 0 Å². The highest BCUT2D eigenvalue weighted by atomic mass is 16.5. The summed E-state index contributed by atoms with van der Waals surface area (Å²) in [5, 5.41) is 3.74. The molecule has 4 heteroatoms. The lowest BCUT2D eigenvalue weighted by Crippen LogP contribution is -2.55. The first-order chi connectivity index (χ1) is 9.71. The number of nitrogens with one attached hydrogen (secondary N) is 1. The Bertz CT molecular complexity index is 313. The Morgan fingerprint density at radius 3 is 2.75 bits per heavy atom. The fourth-order valence-corrected chi connectivity index (χ4v) is 3.78. The molecule has 0 aromatic heterocycles. The standard InChI is InChI=1S/C16H31N3O/c1-3-19-8-7-18(10-14(19)2)12-16(6-9-20-13-16)11-17-15-4-5-15/h14-15,17H,3-13H2,1-2H3. The van der Waals surface area contributed by atoms with Gasteiger partial charge in [0.1, 0.15) is 0 Å². The van der Waals surface area contributed by atoms with Crippen LogP contribution in [0.25, 0.3) is 0 Å². The maximum Gasteiger partial charge on any atom is 0.0547 e. The molecule has 3 rings (SSSR count). The summed E-state index contributed by atoms with van der Waals surface area (Å²) in [6, 6.07) is 1.51. The van der Waals surface area contributed by atoms with Crippen molar-refractivity contribution in [3.63, 3.8) is 0 Å². The quantitative estimate of drug-likeness (QED) is 0.791. The average molecular weight is 281 g/mol. The van der Waals surface area contributed by atoms with Crippen LogP contribution in [0.5, 0.6) is 0 Å². The molecule has 20 heavy (non-hydrogen) atoms. The van der Waals surface area contributed by atoms with E-state index in [9.17, 15) is 0 Å². The zero-order valence-electron chi connectivity index (χ0n) is 13.2. The molecule has 0 bridgehead atoms. The van der Waals surface area contributed by atoms with Crippen LogP contribution in [0, 0.1) is 5.41 Å². The van der Waals surface area contributed by atoms with E-state index in [1.807, 2.05) is 0 Å². The van der Waals surface area contributed by atoms with Gasteiger partial charge < -0.3 is 10.1 Å². The van der Waals surface area contributed by atoms with Crippen LogP contribution in [-0.2, 0) is 4.74 Å². The van der Waals surface area contributed by atoms with Crippen molar-refractivity contribution in [1.29, 1.82) is 0 Å². The minimum absolute atomic E-state index is 0.372. The SMILES string of the molecule is CCN1CCN(CC2(CNC3CC3)CCOC2)CC1C. The summed E-state index contributed by atoms with van der Waals surface area (Å²) < 4.78 is 5.75. The van der Waals surface area contributed by atoms with Crippen LogP contribution in [0.1, 0.15) is 33.1 Å². The van der Waals surface area contributed by atoms with Gasteiger partial charge in [-0.3, -0.25) is 9.80 Å². The van der Waals surface area contributed by atoms with Gasteiger partial charge in [0.05, 0.1) is 6.61 Å². The highest BCUT2D eigenvalue weighted by Crippen LogP contribution is 2.31. The molecule has 1 aliphatic carbocycles. The fraction of sp³-hybridized carbons (Fsp3) is 1.00. The number of piperazine rings is 1. The second kappa shape index (κ2) is 6.30. The maximum atomic E-state index is 5.75. The van der Waals surface area contributed by atoms with E-state index in [0.717, 1.165) is 25.8 Å². The van der Waals surface area contributed by atoms with Gasteiger partial charge in [-0.05, 0) is 32.7 Å². The molecular weight excluding hydrogens is 250 g/mol. The van der Waals surface area contributed by atoms with Crippen molar-refractivity contribution in [2.45, 2.75) is 45.2 Å². The first-order valence-corrected chi connectivity index (χ1v) is 8.48. The molecular formula is C16H31N3O. The van der Waals surface area contributed by atoms with Gasteiger partial charge in [-0.25, -0.2) is 0 Å². The molecule has 1 N–H and O–H groups in total. The van der Waals surface area contributed by atoms with Gasteiger partial charge in [0.2, 0.25) is 0 Å². The van der Waals surface area contributed by atoms with Crippen molar-refractivity contribution in [3.05, 3.63) is 0 Å². The summed E-state index contributed by atoms with van der Waals surface area (Å²) in [7, 11) is 0. The van der Waals surface area contributed by atoms with Gasteiger partial charge in [-0.15, -0.1) is 0 Å². The van der Waals surface area contributed by atoms with E-state index in [2.05, 4.69) is 29.0 Å². The molecule has 1 saturated carbocycles. The Labute approximate surface area is 123 Å². The van der Waals surface area contributed by atoms with E-state index in [1.54, 1.807) is 0 Å². The number of likely N-dealkylation sites (N-methyl/N-ethyl adjacent to an activating group) is 1. The summed E-state index contributed by atoms with van der Waals surface area (Å²) in [6.45, 7) is 13.8. The molecule has 3 aliphatic rings. The molecule has 2 atom stereocenters. The monoisotopic (exact) mass is 281 g/mol. The number of ether oxygens (including phenoxy) is 1. The highest BCUT2D eigenvalue weighted by molar-refractivity contribution is 4.93. The van der Waals surface area contributed by atoms with Crippen molar-refractivity contribution in [2.24, 2.45) is 5.41 Å². The van der Waals surface area contributed by atoms with E-state index in [1.165, 1.54) is 52.0 Å². The Hall–Kier alpha value is -0.160. The number of rotatable bonds is 6. The van der Waals surface area contributed by atoms with Gasteiger partial charge in [-0.1, -0.05) is 6.92 Å². The van der Waals surface area contributed by atoms with Crippen LogP contribution in [0.3, 0.4) is 0 Å². The smallest absolute Gasteiger partial charge is 0.0547 e. The maximum absolute atomic E-state index is 5.75. The van der Waals surface area contributed by atoms with E-state index in [4.69, 9.17) is 4.74 Å². The van der Waals surface area contributed by atoms with Gasteiger partial charge in [-0.2, -0.15) is 0 Å². The first-order valence-electron chi connectivity index (χ1n) is 8.48. The lowest BCUT2D eigenvalue weighted by Gasteiger charge is -2.43. The van der Waals surface area contributed by atoms with Gasteiger partial charge in [0.15, 0.2) is 0 Å². The molecule has 2 aliphatic heterocycles. The van der Waals surface area contributed by atoms with Crippen molar-refractivity contribution in [3.8, 4) is 0 Å². The summed E-state index contributed by atoms with van der Waals surface area (Å²) in [6.07, 6.45) is 3.99. The Morgan fingerprint density at radius 1 is 1.30 bits per heavy atom. The van der Waals surface area contributed by atoms with Gasteiger partial charge in [0, 0.05) is 56.8 Å². The lowest BCUT2D eigenvalue weighted by atomic mass is 9.86.